The molecule has 92 valence electrons. The molecule has 0 aliphatic rings. The van der Waals surface area contributed by atoms with Crippen LogP contribution in [0.2, 0.25) is 0 Å². The molecule has 0 saturated heterocycles. The molecule has 0 atom stereocenters. The van der Waals surface area contributed by atoms with Crippen LogP contribution < -0.4 is 11.3 Å². The molecule has 3 N–H and O–H groups in total. The van der Waals surface area contributed by atoms with Gasteiger partial charge < -0.3 is 5.43 Å². The molecule has 0 unspecified atom stereocenters. The van der Waals surface area contributed by atoms with Crippen LogP contribution in [0.15, 0.2) is 65.7 Å². The third kappa shape index (κ3) is 3.71. The quantitative estimate of drug-likeness (QED) is 0.373. The van der Waals surface area contributed by atoms with Crippen molar-refractivity contribution in [2.45, 2.75) is 12.8 Å². The van der Waals surface area contributed by atoms with Crippen molar-refractivity contribution in [2.24, 2.45) is 10.8 Å². The lowest BCUT2D eigenvalue weighted by molar-refractivity contribution is 0.928. The number of nitrogens with one attached hydrogen (secondary N) is 1. The highest BCUT2D eigenvalue weighted by atomic mass is 15.2. The maximum Gasteiger partial charge on any atom is 0.116 e. The second-order valence-corrected chi connectivity index (χ2v) is 4.02. The van der Waals surface area contributed by atoms with Crippen molar-refractivity contribution in [2.75, 3.05) is 0 Å². The van der Waals surface area contributed by atoms with Gasteiger partial charge in [0.2, 0.25) is 0 Å². The molecule has 0 radical (unpaired) electrons. The van der Waals surface area contributed by atoms with Crippen molar-refractivity contribution in [3.05, 3.63) is 66.2 Å². The summed E-state index contributed by atoms with van der Waals surface area (Å²) in [6.45, 7) is 0. The van der Waals surface area contributed by atoms with E-state index >= 15 is 0 Å². The van der Waals surface area contributed by atoms with Crippen molar-refractivity contribution in [3.8, 4) is 0 Å². The van der Waals surface area contributed by atoms with Crippen molar-refractivity contribution in [3.63, 3.8) is 0 Å². The standard InChI is InChI=1S/C15H17N3/c16-18-15(17-14-9-5-2-6-10-14)12-11-13-7-3-1-4-8-13/h1-10H,11-12,16H2,(H,17,18). The number of nitrogens with zero attached hydrogens (tertiary/aromatic N) is 1. The molecule has 0 saturated carbocycles. The number of hydrogen-bond acceptors (Lipinski definition) is 2. The van der Waals surface area contributed by atoms with Crippen molar-refractivity contribution < 1.29 is 0 Å². The summed E-state index contributed by atoms with van der Waals surface area (Å²) in [6.07, 6.45) is 1.73. The number of para-hydroxylation sites is 1. The zero-order valence-corrected chi connectivity index (χ0v) is 10.2. The van der Waals surface area contributed by atoms with E-state index in [0.717, 1.165) is 24.4 Å². The summed E-state index contributed by atoms with van der Waals surface area (Å²) in [4.78, 5) is 4.47. The molecular formula is C15H17N3. The zero-order valence-electron chi connectivity index (χ0n) is 10.2. The second kappa shape index (κ2) is 6.57. The molecule has 3 nitrogen and oxygen atoms in total. The molecule has 2 aromatic carbocycles. The predicted octanol–water partition coefficient (Wildman–Crippen LogP) is 2.81. The van der Waals surface area contributed by atoms with Crippen LogP contribution in [-0.2, 0) is 6.42 Å². The summed E-state index contributed by atoms with van der Waals surface area (Å²) in [5.41, 5.74) is 4.87. The normalized spacial score (nSPS) is 11.3. The van der Waals surface area contributed by atoms with Gasteiger partial charge in [-0.3, -0.25) is 0 Å². The topological polar surface area (TPSA) is 50.4 Å². The van der Waals surface area contributed by atoms with Crippen LogP contribution in [0.1, 0.15) is 12.0 Å². The Morgan fingerprint density at radius 3 is 2.17 bits per heavy atom. The van der Waals surface area contributed by atoms with Gasteiger partial charge in [-0.25, -0.2) is 10.8 Å². The van der Waals surface area contributed by atoms with Gasteiger partial charge in [-0.1, -0.05) is 48.5 Å². The van der Waals surface area contributed by atoms with E-state index in [1.54, 1.807) is 0 Å². The summed E-state index contributed by atoms with van der Waals surface area (Å²) in [5.74, 6) is 6.30. The first kappa shape index (κ1) is 12.3. The molecule has 0 aromatic heterocycles. The SMILES string of the molecule is NNC(CCc1ccccc1)=Nc1ccccc1. The molecule has 0 amide bonds. The highest BCUT2D eigenvalue weighted by molar-refractivity contribution is 5.84. The minimum absolute atomic E-state index is 0.796. The number of hydrogen-bond donors (Lipinski definition) is 2. The molecule has 0 aliphatic heterocycles. The predicted molar refractivity (Wildman–Crippen MR) is 75.6 cm³/mol. The van der Waals surface area contributed by atoms with Gasteiger partial charge in [-0.2, -0.15) is 0 Å². The average Bonchev–Trinajstić information content (AvgIpc) is 2.45. The van der Waals surface area contributed by atoms with E-state index in [2.05, 4.69) is 22.6 Å². The van der Waals surface area contributed by atoms with Crippen LogP contribution in [-0.4, -0.2) is 5.84 Å². The Labute approximate surface area is 107 Å². The van der Waals surface area contributed by atoms with Crippen LogP contribution in [0.3, 0.4) is 0 Å². The fourth-order valence-electron chi connectivity index (χ4n) is 1.73. The number of rotatable bonds is 4. The molecule has 0 fully saturated rings. The summed E-state index contributed by atoms with van der Waals surface area (Å²) < 4.78 is 0. The fraction of sp³-hybridized carbons (Fsp3) is 0.133. The van der Waals surface area contributed by atoms with E-state index in [1.165, 1.54) is 5.56 Å². The Kier molecular flexibility index (Phi) is 4.50. The van der Waals surface area contributed by atoms with Gasteiger partial charge in [0.1, 0.15) is 5.84 Å². The van der Waals surface area contributed by atoms with E-state index < -0.39 is 0 Å². The first-order valence-corrected chi connectivity index (χ1v) is 6.01. The third-order valence-electron chi connectivity index (χ3n) is 2.68. The minimum Gasteiger partial charge on any atom is -0.312 e. The number of hydrazine groups is 1. The van der Waals surface area contributed by atoms with Gasteiger partial charge in [0.25, 0.3) is 0 Å². The molecule has 3 heteroatoms. The van der Waals surface area contributed by atoms with Crippen LogP contribution in [0.5, 0.6) is 0 Å². The Bertz CT molecular complexity index is 492. The Morgan fingerprint density at radius 1 is 0.944 bits per heavy atom. The van der Waals surface area contributed by atoms with Crippen molar-refractivity contribution in [1.82, 2.24) is 5.43 Å². The summed E-state index contributed by atoms with van der Waals surface area (Å²) in [7, 11) is 0. The van der Waals surface area contributed by atoms with Crippen LogP contribution in [0.4, 0.5) is 5.69 Å². The largest absolute Gasteiger partial charge is 0.312 e. The minimum atomic E-state index is 0.796. The van der Waals surface area contributed by atoms with Crippen LogP contribution in [0.25, 0.3) is 0 Å². The van der Waals surface area contributed by atoms with Gasteiger partial charge in [0, 0.05) is 6.42 Å². The van der Waals surface area contributed by atoms with Gasteiger partial charge >= 0.3 is 0 Å². The summed E-state index contributed by atoms with van der Waals surface area (Å²) >= 11 is 0. The highest BCUT2D eigenvalue weighted by Crippen LogP contribution is 2.11. The lowest BCUT2D eigenvalue weighted by atomic mass is 10.1. The van der Waals surface area contributed by atoms with Gasteiger partial charge in [-0.15, -0.1) is 0 Å². The molecule has 0 aliphatic carbocycles. The van der Waals surface area contributed by atoms with E-state index in [-0.39, 0.29) is 0 Å². The van der Waals surface area contributed by atoms with E-state index in [4.69, 9.17) is 5.84 Å². The molecular weight excluding hydrogens is 222 g/mol. The van der Waals surface area contributed by atoms with Gasteiger partial charge in [0.15, 0.2) is 0 Å². The third-order valence-corrected chi connectivity index (χ3v) is 2.68. The molecule has 0 heterocycles. The van der Waals surface area contributed by atoms with E-state index in [0.29, 0.717) is 0 Å². The van der Waals surface area contributed by atoms with E-state index in [9.17, 15) is 0 Å². The second-order valence-electron chi connectivity index (χ2n) is 4.02. The average molecular weight is 239 g/mol. The lowest BCUT2D eigenvalue weighted by Gasteiger charge is -2.05. The van der Waals surface area contributed by atoms with Crippen LogP contribution >= 0.6 is 0 Å². The molecule has 18 heavy (non-hydrogen) atoms. The number of aryl methyl sites for hydroxylation is 1. The highest BCUT2D eigenvalue weighted by Gasteiger charge is 1.99. The van der Waals surface area contributed by atoms with Gasteiger partial charge in [0.05, 0.1) is 5.69 Å². The van der Waals surface area contributed by atoms with E-state index in [1.807, 2.05) is 48.5 Å². The number of benzene rings is 2. The fourth-order valence-corrected chi connectivity index (χ4v) is 1.73. The smallest absolute Gasteiger partial charge is 0.116 e. The number of amidine groups is 1. The first-order valence-electron chi connectivity index (χ1n) is 6.01. The molecule has 0 spiro atoms. The zero-order chi connectivity index (χ0) is 12.6. The summed E-state index contributed by atoms with van der Waals surface area (Å²) in [6, 6.07) is 20.1. The first-order chi connectivity index (χ1) is 8.88. The summed E-state index contributed by atoms with van der Waals surface area (Å²) in [5, 5.41) is 0. The van der Waals surface area contributed by atoms with Crippen molar-refractivity contribution >= 4 is 11.5 Å². The molecule has 0 bridgehead atoms. The maximum atomic E-state index is 5.50. The monoisotopic (exact) mass is 239 g/mol. The maximum absolute atomic E-state index is 5.50. The Morgan fingerprint density at radius 2 is 1.56 bits per heavy atom. The molecule has 2 aromatic rings. The van der Waals surface area contributed by atoms with Crippen molar-refractivity contribution in [1.29, 1.82) is 0 Å². The lowest BCUT2D eigenvalue weighted by Crippen LogP contribution is -2.30. The molecule has 2 rings (SSSR count). The van der Waals surface area contributed by atoms with Gasteiger partial charge in [-0.05, 0) is 24.1 Å². The Hall–Kier alpha value is -2.13. The van der Waals surface area contributed by atoms with Crippen LogP contribution in [0, 0.1) is 0 Å². The number of aliphatic imine (C=N–C) groups is 1. The Balaban J connectivity index is 2.00. The number of nitrogens with two attached hydrogens (primary N) is 1.